The smallest absolute Gasteiger partial charge is 0.227 e. The summed E-state index contributed by atoms with van der Waals surface area (Å²) in [5.74, 6) is 1.22. The standard InChI is InChI=1S/C18H19NO2/c1-2-19(15-8-4-3-5-9-15)18(20)12-14-13-21-17-11-7-6-10-16(14)17/h3-11,14H,2,12-13H2,1H3. The molecule has 21 heavy (non-hydrogen) atoms. The molecule has 1 aliphatic heterocycles. The van der Waals surface area contributed by atoms with Crippen LogP contribution < -0.4 is 9.64 Å². The maximum atomic E-state index is 12.6. The van der Waals surface area contributed by atoms with Gasteiger partial charge in [-0.1, -0.05) is 36.4 Å². The molecule has 0 saturated heterocycles. The van der Waals surface area contributed by atoms with Crippen molar-refractivity contribution in [3.8, 4) is 5.75 Å². The summed E-state index contributed by atoms with van der Waals surface area (Å²) in [6.45, 7) is 3.28. The zero-order valence-electron chi connectivity index (χ0n) is 12.2. The summed E-state index contributed by atoms with van der Waals surface area (Å²) < 4.78 is 5.66. The van der Waals surface area contributed by atoms with E-state index in [4.69, 9.17) is 4.74 Å². The molecular formula is C18H19NO2. The number of hydrogen-bond donors (Lipinski definition) is 0. The van der Waals surface area contributed by atoms with Crippen molar-refractivity contribution in [2.24, 2.45) is 0 Å². The molecule has 0 aromatic heterocycles. The average Bonchev–Trinajstić information content (AvgIpc) is 2.92. The van der Waals surface area contributed by atoms with E-state index >= 15 is 0 Å². The van der Waals surface area contributed by atoms with Crippen LogP contribution in [0.1, 0.15) is 24.8 Å². The van der Waals surface area contributed by atoms with Crippen LogP contribution in [-0.4, -0.2) is 19.1 Å². The molecule has 3 heteroatoms. The summed E-state index contributed by atoms with van der Waals surface area (Å²) in [6, 6.07) is 17.8. The molecule has 1 aliphatic rings. The SMILES string of the molecule is CCN(C(=O)CC1COc2ccccc21)c1ccccc1. The molecule has 1 amide bonds. The molecule has 0 fully saturated rings. The molecule has 0 N–H and O–H groups in total. The lowest BCUT2D eigenvalue weighted by Gasteiger charge is -2.22. The highest BCUT2D eigenvalue weighted by Crippen LogP contribution is 2.36. The number of carbonyl (C=O) groups is 1. The molecule has 3 rings (SSSR count). The van der Waals surface area contributed by atoms with E-state index in [2.05, 4.69) is 6.07 Å². The van der Waals surface area contributed by atoms with Crippen LogP contribution >= 0.6 is 0 Å². The lowest BCUT2D eigenvalue weighted by atomic mass is 9.97. The molecule has 1 unspecified atom stereocenters. The monoisotopic (exact) mass is 281 g/mol. The number of nitrogens with zero attached hydrogens (tertiary/aromatic N) is 1. The van der Waals surface area contributed by atoms with Gasteiger partial charge in [-0.05, 0) is 25.1 Å². The van der Waals surface area contributed by atoms with E-state index < -0.39 is 0 Å². The zero-order valence-corrected chi connectivity index (χ0v) is 12.2. The fourth-order valence-electron chi connectivity index (χ4n) is 2.83. The molecule has 0 radical (unpaired) electrons. The van der Waals surface area contributed by atoms with Crippen LogP contribution in [0, 0.1) is 0 Å². The minimum atomic E-state index is 0.147. The number of benzene rings is 2. The van der Waals surface area contributed by atoms with Crippen LogP contribution in [0.25, 0.3) is 0 Å². The average molecular weight is 281 g/mol. The van der Waals surface area contributed by atoms with Gasteiger partial charge in [-0.15, -0.1) is 0 Å². The Hall–Kier alpha value is -2.29. The summed E-state index contributed by atoms with van der Waals surface area (Å²) in [5.41, 5.74) is 2.10. The van der Waals surface area contributed by atoms with Crippen molar-refractivity contribution >= 4 is 11.6 Å². The Morgan fingerprint density at radius 1 is 1.14 bits per heavy atom. The quantitative estimate of drug-likeness (QED) is 0.857. The highest BCUT2D eigenvalue weighted by molar-refractivity contribution is 5.93. The van der Waals surface area contributed by atoms with Crippen molar-refractivity contribution in [2.75, 3.05) is 18.1 Å². The Morgan fingerprint density at radius 3 is 2.62 bits per heavy atom. The van der Waals surface area contributed by atoms with Crippen LogP contribution in [-0.2, 0) is 4.79 Å². The molecule has 3 nitrogen and oxygen atoms in total. The van der Waals surface area contributed by atoms with E-state index in [9.17, 15) is 4.79 Å². The highest BCUT2D eigenvalue weighted by atomic mass is 16.5. The second-order valence-electron chi connectivity index (χ2n) is 5.22. The first kappa shape index (κ1) is 13.7. The molecule has 2 aromatic rings. The Morgan fingerprint density at radius 2 is 1.86 bits per heavy atom. The number of hydrogen-bond acceptors (Lipinski definition) is 2. The van der Waals surface area contributed by atoms with Crippen LogP contribution in [0.15, 0.2) is 54.6 Å². The van der Waals surface area contributed by atoms with E-state index in [0.717, 1.165) is 17.0 Å². The normalized spacial score (nSPS) is 16.1. The van der Waals surface area contributed by atoms with Gasteiger partial charge in [0.2, 0.25) is 5.91 Å². The van der Waals surface area contributed by atoms with Gasteiger partial charge >= 0.3 is 0 Å². The van der Waals surface area contributed by atoms with Gasteiger partial charge in [-0.2, -0.15) is 0 Å². The van der Waals surface area contributed by atoms with Crippen molar-refractivity contribution < 1.29 is 9.53 Å². The molecule has 1 heterocycles. The van der Waals surface area contributed by atoms with Gasteiger partial charge in [-0.3, -0.25) is 4.79 Å². The predicted molar refractivity (Wildman–Crippen MR) is 83.8 cm³/mol. The van der Waals surface area contributed by atoms with E-state index in [0.29, 0.717) is 19.6 Å². The summed E-state index contributed by atoms with van der Waals surface area (Å²) in [7, 11) is 0. The van der Waals surface area contributed by atoms with E-state index in [1.807, 2.05) is 60.4 Å². The van der Waals surface area contributed by atoms with Crippen molar-refractivity contribution in [1.29, 1.82) is 0 Å². The van der Waals surface area contributed by atoms with Crippen LogP contribution in [0.3, 0.4) is 0 Å². The van der Waals surface area contributed by atoms with Crippen LogP contribution in [0.5, 0.6) is 5.75 Å². The molecule has 108 valence electrons. The second kappa shape index (κ2) is 6.00. The van der Waals surface area contributed by atoms with Gasteiger partial charge in [0.25, 0.3) is 0 Å². The number of para-hydroxylation sites is 2. The van der Waals surface area contributed by atoms with Crippen molar-refractivity contribution in [3.63, 3.8) is 0 Å². The minimum Gasteiger partial charge on any atom is -0.493 e. The van der Waals surface area contributed by atoms with Crippen molar-refractivity contribution in [2.45, 2.75) is 19.3 Å². The van der Waals surface area contributed by atoms with E-state index in [-0.39, 0.29) is 11.8 Å². The summed E-state index contributed by atoms with van der Waals surface area (Å²) in [6.07, 6.45) is 0.486. The van der Waals surface area contributed by atoms with Gasteiger partial charge in [0, 0.05) is 30.1 Å². The predicted octanol–water partition coefficient (Wildman–Crippen LogP) is 3.61. The lowest BCUT2D eigenvalue weighted by Crippen LogP contribution is -2.31. The maximum absolute atomic E-state index is 12.6. The molecule has 2 aromatic carbocycles. The number of carbonyl (C=O) groups excluding carboxylic acids is 1. The fraction of sp³-hybridized carbons (Fsp3) is 0.278. The Balaban J connectivity index is 1.75. The first-order valence-corrected chi connectivity index (χ1v) is 7.36. The van der Waals surface area contributed by atoms with E-state index in [1.165, 1.54) is 0 Å². The number of rotatable bonds is 4. The maximum Gasteiger partial charge on any atom is 0.227 e. The van der Waals surface area contributed by atoms with Gasteiger partial charge in [0.1, 0.15) is 5.75 Å². The molecular weight excluding hydrogens is 262 g/mol. The summed E-state index contributed by atoms with van der Waals surface area (Å²) in [4.78, 5) is 14.4. The Kier molecular flexibility index (Phi) is 3.91. The van der Waals surface area contributed by atoms with Crippen molar-refractivity contribution in [1.82, 2.24) is 0 Å². The number of amides is 1. The van der Waals surface area contributed by atoms with Gasteiger partial charge in [0.05, 0.1) is 6.61 Å². The van der Waals surface area contributed by atoms with E-state index in [1.54, 1.807) is 0 Å². The molecule has 0 aliphatic carbocycles. The molecule has 0 bridgehead atoms. The Bertz CT molecular complexity index is 624. The first-order valence-electron chi connectivity index (χ1n) is 7.36. The van der Waals surface area contributed by atoms with Crippen LogP contribution in [0.4, 0.5) is 5.69 Å². The van der Waals surface area contributed by atoms with Gasteiger partial charge in [0.15, 0.2) is 0 Å². The zero-order chi connectivity index (χ0) is 14.7. The summed E-state index contributed by atoms with van der Waals surface area (Å²) in [5, 5.41) is 0. The first-order chi connectivity index (χ1) is 10.3. The molecule has 0 spiro atoms. The van der Waals surface area contributed by atoms with Crippen molar-refractivity contribution in [3.05, 3.63) is 60.2 Å². The fourth-order valence-corrected chi connectivity index (χ4v) is 2.83. The second-order valence-corrected chi connectivity index (χ2v) is 5.22. The van der Waals surface area contributed by atoms with Gasteiger partial charge < -0.3 is 9.64 Å². The highest BCUT2D eigenvalue weighted by Gasteiger charge is 2.27. The lowest BCUT2D eigenvalue weighted by molar-refractivity contribution is -0.119. The third-order valence-electron chi connectivity index (χ3n) is 3.91. The van der Waals surface area contributed by atoms with Gasteiger partial charge in [-0.25, -0.2) is 0 Å². The largest absolute Gasteiger partial charge is 0.493 e. The number of ether oxygens (including phenoxy) is 1. The topological polar surface area (TPSA) is 29.5 Å². The molecule has 0 saturated carbocycles. The van der Waals surface area contributed by atoms with Crippen LogP contribution in [0.2, 0.25) is 0 Å². The number of anilines is 1. The Labute approximate surface area is 125 Å². The third-order valence-corrected chi connectivity index (χ3v) is 3.91. The third kappa shape index (κ3) is 2.77. The number of fused-ring (bicyclic) bond motifs is 1. The minimum absolute atomic E-state index is 0.147. The summed E-state index contributed by atoms with van der Waals surface area (Å²) >= 11 is 0. The molecule has 1 atom stereocenters.